The lowest BCUT2D eigenvalue weighted by molar-refractivity contribution is 0.413. The third kappa shape index (κ3) is 3.50. The Morgan fingerprint density at radius 1 is 1.00 bits per heavy atom. The molecule has 0 saturated carbocycles. The zero-order chi connectivity index (χ0) is 24.0. The van der Waals surface area contributed by atoms with Gasteiger partial charge in [-0.15, -0.1) is 0 Å². The van der Waals surface area contributed by atoms with Gasteiger partial charge in [-0.25, -0.2) is 0 Å². The van der Waals surface area contributed by atoms with Crippen molar-refractivity contribution in [2.24, 2.45) is 10.9 Å². The predicted molar refractivity (Wildman–Crippen MR) is 147 cm³/mol. The van der Waals surface area contributed by atoms with Gasteiger partial charge in [0.15, 0.2) is 0 Å². The molecule has 0 saturated heterocycles. The molecule has 35 heavy (non-hydrogen) atoms. The summed E-state index contributed by atoms with van der Waals surface area (Å²) in [5.41, 5.74) is 5.49. The molecular weight excluding hydrogens is 428 g/mol. The van der Waals surface area contributed by atoms with Crippen LogP contribution in [0.25, 0.3) is 27.6 Å². The van der Waals surface area contributed by atoms with E-state index in [1.54, 1.807) is 6.07 Å². The fraction of sp³-hybridized carbons (Fsp3) is 0.188. The lowest BCUT2D eigenvalue weighted by Gasteiger charge is -2.45. The normalized spacial score (nSPS) is 22.9. The highest BCUT2D eigenvalue weighted by molar-refractivity contribution is 6.07. The van der Waals surface area contributed by atoms with Crippen molar-refractivity contribution < 1.29 is 0 Å². The Morgan fingerprint density at radius 2 is 1.71 bits per heavy atom. The fourth-order valence-corrected chi connectivity index (χ4v) is 6.19. The molecule has 3 aromatic carbocycles. The van der Waals surface area contributed by atoms with Crippen LogP contribution in [-0.4, -0.2) is 11.2 Å². The van der Waals surface area contributed by atoms with Crippen LogP contribution < -0.4 is 5.56 Å². The molecule has 0 spiro atoms. The number of pyridine rings is 1. The Morgan fingerprint density at radius 3 is 2.43 bits per heavy atom. The highest BCUT2D eigenvalue weighted by Gasteiger charge is 2.46. The number of nitrogens with one attached hydrogen (secondary N) is 1. The van der Waals surface area contributed by atoms with Gasteiger partial charge in [0.1, 0.15) is 5.54 Å². The number of aromatic nitrogens is 1. The second-order valence-corrected chi connectivity index (χ2v) is 9.69. The van der Waals surface area contributed by atoms with Gasteiger partial charge in [-0.05, 0) is 71.2 Å². The fourth-order valence-electron chi connectivity index (χ4n) is 6.19. The first kappa shape index (κ1) is 21.5. The molecule has 2 aliphatic carbocycles. The van der Waals surface area contributed by atoms with E-state index in [0.717, 1.165) is 24.1 Å². The molecule has 1 aromatic heterocycles. The van der Waals surface area contributed by atoms with Crippen molar-refractivity contribution in [3.05, 3.63) is 123 Å². The summed E-state index contributed by atoms with van der Waals surface area (Å²) in [7, 11) is 0. The maximum absolute atomic E-state index is 12.1. The predicted octanol–water partition coefficient (Wildman–Crippen LogP) is 7.13. The minimum Gasteiger partial charge on any atom is -0.326 e. The van der Waals surface area contributed by atoms with Gasteiger partial charge < -0.3 is 4.98 Å². The quantitative estimate of drug-likeness (QED) is 0.199. The Kier molecular flexibility index (Phi) is 5.14. The number of allylic oxidation sites excluding steroid dienone is 3. The summed E-state index contributed by atoms with van der Waals surface area (Å²) in [6.45, 7) is 4.30. The molecule has 2 bridgehead atoms. The van der Waals surface area contributed by atoms with Crippen LogP contribution in [-0.2, 0) is 12.0 Å². The summed E-state index contributed by atoms with van der Waals surface area (Å²) in [6, 6.07) is 22.9. The molecule has 4 aromatic rings. The van der Waals surface area contributed by atoms with E-state index in [0.29, 0.717) is 0 Å². The first-order valence-electron chi connectivity index (χ1n) is 12.3. The van der Waals surface area contributed by atoms with Gasteiger partial charge in [0.05, 0.1) is 0 Å². The number of hydrogen-bond acceptors (Lipinski definition) is 2. The van der Waals surface area contributed by atoms with Crippen molar-refractivity contribution in [2.45, 2.75) is 32.2 Å². The number of nitrogens with zero attached hydrogens (tertiary/aromatic N) is 1. The van der Waals surface area contributed by atoms with Crippen LogP contribution in [0, 0.1) is 5.92 Å². The van der Waals surface area contributed by atoms with Crippen LogP contribution >= 0.6 is 0 Å². The SMILES string of the molecule is C/C=C1\C2C=C(C)CC1(/N=C/C=C/c1c3ccccc3cc3ccccc13)c1ccc(=O)[nH]c1C2. The summed E-state index contributed by atoms with van der Waals surface area (Å²) in [4.78, 5) is 20.4. The Labute approximate surface area is 205 Å². The second-order valence-electron chi connectivity index (χ2n) is 9.69. The first-order chi connectivity index (χ1) is 17.1. The van der Waals surface area contributed by atoms with Crippen LogP contribution in [0.4, 0.5) is 0 Å². The van der Waals surface area contributed by atoms with Crippen LogP contribution in [0.1, 0.15) is 37.1 Å². The number of aliphatic imine (C=N–C) groups is 1. The zero-order valence-electron chi connectivity index (χ0n) is 20.1. The zero-order valence-corrected chi connectivity index (χ0v) is 20.1. The molecule has 2 atom stereocenters. The minimum atomic E-state index is -0.471. The second kappa shape index (κ2) is 8.35. The van der Waals surface area contributed by atoms with Crippen molar-refractivity contribution in [3.63, 3.8) is 0 Å². The summed E-state index contributed by atoms with van der Waals surface area (Å²) >= 11 is 0. The van der Waals surface area contributed by atoms with E-state index in [1.165, 1.54) is 38.3 Å². The highest BCUT2D eigenvalue weighted by atomic mass is 16.1. The third-order valence-corrected chi connectivity index (χ3v) is 7.54. The summed E-state index contributed by atoms with van der Waals surface area (Å²) in [5.74, 6) is 0.266. The molecule has 3 nitrogen and oxygen atoms in total. The molecule has 0 amide bonds. The van der Waals surface area contributed by atoms with E-state index in [2.05, 4.69) is 97.7 Å². The number of rotatable bonds is 3. The molecular formula is C32H28N2O. The van der Waals surface area contributed by atoms with E-state index in [4.69, 9.17) is 4.99 Å². The topological polar surface area (TPSA) is 45.2 Å². The standard InChI is InChI=1S/C32H28N2O/c1-3-28-24-17-21(2)20-32(28,29-14-15-31(35)34-30(29)19-24)33-16-8-13-27-25-11-6-4-9-22(25)18-23-10-5-7-12-26(23)27/h3-18,24H,19-20H2,1-2H3,(H,34,35)/b13-8+,28-3+,33-16+. The van der Waals surface area contributed by atoms with Crippen LogP contribution in [0.5, 0.6) is 0 Å². The van der Waals surface area contributed by atoms with E-state index in [1.807, 2.05) is 12.3 Å². The van der Waals surface area contributed by atoms with Gasteiger partial charge in [-0.1, -0.05) is 72.3 Å². The Bertz CT molecular complexity index is 1600. The van der Waals surface area contributed by atoms with Crippen molar-refractivity contribution in [1.82, 2.24) is 4.98 Å². The molecule has 6 rings (SSSR count). The van der Waals surface area contributed by atoms with E-state index in [-0.39, 0.29) is 11.5 Å². The van der Waals surface area contributed by atoms with Gasteiger partial charge in [0.2, 0.25) is 5.56 Å². The smallest absolute Gasteiger partial charge is 0.248 e. The number of hydrogen-bond donors (Lipinski definition) is 1. The number of aromatic amines is 1. The van der Waals surface area contributed by atoms with Crippen molar-refractivity contribution >= 4 is 33.8 Å². The number of benzene rings is 3. The lowest BCUT2D eigenvalue weighted by atomic mass is 9.63. The monoisotopic (exact) mass is 456 g/mol. The maximum atomic E-state index is 12.1. The summed E-state index contributed by atoms with van der Waals surface area (Å²) in [6.07, 6.45) is 12.4. The highest BCUT2D eigenvalue weighted by Crippen LogP contribution is 2.51. The maximum Gasteiger partial charge on any atom is 0.248 e. The molecule has 172 valence electrons. The summed E-state index contributed by atoms with van der Waals surface area (Å²) in [5, 5.41) is 4.94. The van der Waals surface area contributed by atoms with E-state index >= 15 is 0 Å². The van der Waals surface area contributed by atoms with Crippen molar-refractivity contribution in [3.8, 4) is 0 Å². The average Bonchev–Trinajstić information content (AvgIpc) is 2.85. The van der Waals surface area contributed by atoms with Crippen LogP contribution in [0.15, 0.2) is 106 Å². The lowest BCUT2D eigenvalue weighted by Crippen LogP contribution is -2.40. The van der Waals surface area contributed by atoms with Gasteiger partial charge in [-0.2, -0.15) is 0 Å². The van der Waals surface area contributed by atoms with E-state index in [9.17, 15) is 4.79 Å². The van der Waals surface area contributed by atoms with Gasteiger partial charge in [-0.3, -0.25) is 9.79 Å². The molecule has 0 aliphatic heterocycles. The minimum absolute atomic E-state index is 0.0479. The van der Waals surface area contributed by atoms with Gasteiger partial charge >= 0.3 is 0 Å². The van der Waals surface area contributed by atoms with Crippen molar-refractivity contribution in [2.75, 3.05) is 0 Å². The third-order valence-electron chi connectivity index (χ3n) is 7.54. The number of H-pyrrole nitrogens is 1. The molecule has 2 unspecified atom stereocenters. The van der Waals surface area contributed by atoms with Gasteiger partial charge in [0, 0.05) is 35.9 Å². The molecule has 2 aliphatic rings. The summed E-state index contributed by atoms with van der Waals surface area (Å²) < 4.78 is 0. The van der Waals surface area contributed by atoms with Crippen molar-refractivity contribution in [1.29, 1.82) is 0 Å². The largest absolute Gasteiger partial charge is 0.326 e. The Balaban J connectivity index is 1.47. The van der Waals surface area contributed by atoms with Crippen LogP contribution in [0.2, 0.25) is 0 Å². The molecule has 0 radical (unpaired) electrons. The molecule has 0 fully saturated rings. The molecule has 1 heterocycles. The average molecular weight is 457 g/mol. The molecule has 1 N–H and O–H groups in total. The number of fused-ring (bicyclic) bond motifs is 6. The molecule has 3 heteroatoms. The van der Waals surface area contributed by atoms with E-state index < -0.39 is 5.54 Å². The van der Waals surface area contributed by atoms with Crippen LogP contribution in [0.3, 0.4) is 0 Å². The Hall–Kier alpha value is -3.98. The first-order valence-corrected chi connectivity index (χ1v) is 12.3. The van der Waals surface area contributed by atoms with Gasteiger partial charge in [0.25, 0.3) is 0 Å².